The fourth-order valence-corrected chi connectivity index (χ4v) is 3.70. The third-order valence-corrected chi connectivity index (χ3v) is 5.53. The van der Waals surface area contributed by atoms with E-state index in [2.05, 4.69) is 53.9 Å². The second-order valence-electron chi connectivity index (χ2n) is 7.63. The first-order valence-corrected chi connectivity index (χ1v) is 10.8. The molecule has 1 aromatic carbocycles. The van der Waals surface area contributed by atoms with E-state index < -0.39 is 0 Å². The summed E-state index contributed by atoms with van der Waals surface area (Å²) in [6.45, 7) is 2.88. The Balaban J connectivity index is 1.45. The summed E-state index contributed by atoms with van der Waals surface area (Å²) in [5, 5.41) is 9.83. The summed E-state index contributed by atoms with van der Waals surface area (Å²) in [5.41, 5.74) is 4.19. The number of hydrogen-bond donors (Lipinski definition) is 3. The summed E-state index contributed by atoms with van der Waals surface area (Å²) in [5.74, 6) is 1.42. The van der Waals surface area contributed by atoms with Gasteiger partial charge < -0.3 is 16.0 Å². The predicted molar refractivity (Wildman–Crippen MR) is 129 cm³/mol. The van der Waals surface area contributed by atoms with Crippen LogP contribution in [0.25, 0.3) is 22.2 Å². The van der Waals surface area contributed by atoms with Crippen molar-refractivity contribution in [1.82, 2.24) is 30.2 Å². The molecule has 0 aliphatic carbocycles. The molecule has 0 aliphatic heterocycles. The van der Waals surface area contributed by atoms with E-state index in [0.717, 1.165) is 46.5 Å². The van der Waals surface area contributed by atoms with Gasteiger partial charge in [-0.1, -0.05) is 25.1 Å². The van der Waals surface area contributed by atoms with Crippen molar-refractivity contribution in [3.05, 3.63) is 66.4 Å². The molecular weight excluding hydrogens is 416 g/mol. The molecule has 168 valence electrons. The number of benzene rings is 1. The Hall–Kier alpha value is -4.14. The van der Waals surface area contributed by atoms with Gasteiger partial charge in [0.05, 0.1) is 16.8 Å². The lowest BCUT2D eigenvalue weighted by Gasteiger charge is -2.16. The van der Waals surface area contributed by atoms with E-state index in [1.165, 1.54) is 6.33 Å². The highest BCUT2D eigenvalue weighted by Crippen LogP contribution is 2.28. The molecule has 33 heavy (non-hydrogen) atoms. The van der Waals surface area contributed by atoms with Gasteiger partial charge in [-0.3, -0.25) is 9.78 Å². The number of amides is 1. The summed E-state index contributed by atoms with van der Waals surface area (Å²) >= 11 is 0. The lowest BCUT2D eigenvalue weighted by atomic mass is 9.94. The van der Waals surface area contributed by atoms with Crippen molar-refractivity contribution in [3.63, 3.8) is 0 Å². The van der Waals surface area contributed by atoms with Crippen LogP contribution in [0.15, 0.2) is 55.2 Å². The first-order valence-electron chi connectivity index (χ1n) is 10.8. The molecule has 9 nitrogen and oxygen atoms in total. The van der Waals surface area contributed by atoms with Crippen molar-refractivity contribution in [3.8, 4) is 11.3 Å². The molecule has 0 fully saturated rings. The number of hydrogen-bond acceptors (Lipinski definition) is 8. The Morgan fingerprint density at radius 1 is 1.03 bits per heavy atom. The number of anilines is 2. The lowest BCUT2D eigenvalue weighted by molar-refractivity contribution is 0.0964. The van der Waals surface area contributed by atoms with Crippen molar-refractivity contribution in [2.75, 3.05) is 31.3 Å². The molecule has 4 aromatic rings. The second kappa shape index (κ2) is 9.99. The first kappa shape index (κ1) is 22.1. The van der Waals surface area contributed by atoms with Crippen molar-refractivity contribution < 1.29 is 4.79 Å². The molecule has 0 aliphatic rings. The zero-order valence-corrected chi connectivity index (χ0v) is 18.8. The highest BCUT2D eigenvalue weighted by Gasteiger charge is 2.15. The second-order valence-corrected chi connectivity index (χ2v) is 7.63. The number of nitrogens with one attached hydrogen (secondary N) is 3. The maximum absolute atomic E-state index is 12.2. The van der Waals surface area contributed by atoms with Gasteiger partial charge in [-0.15, -0.1) is 0 Å². The SMILES string of the molecule is CNC(=O)c1ccnc2c(C(C)CCNc3cc(-c4cnc(NC)nc4)ncn3)cccc12. The Morgan fingerprint density at radius 3 is 2.61 bits per heavy atom. The number of para-hydroxylation sites is 1. The summed E-state index contributed by atoms with van der Waals surface area (Å²) in [6.07, 6.45) is 7.55. The highest BCUT2D eigenvalue weighted by atomic mass is 16.1. The Labute approximate surface area is 192 Å². The fraction of sp³-hybridized carbons (Fsp3) is 0.250. The van der Waals surface area contributed by atoms with Crippen LogP contribution in [0.4, 0.5) is 11.8 Å². The molecule has 4 rings (SSSR count). The van der Waals surface area contributed by atoms with Gasteiger partial charge in [-0.2, -0.15) is 0 Å². The van der Waals surface area contributed by atoms with Gasteiger partial charge in [0.1, 0.15) is 12.1 Å². The van der Waals surface area contributed by atoms with Gasteiger partial charge in [0.2, 0.25) is 5.95 Å². The lowest BCUT2D eigenvalue weighted by Crippen LogP contribution is -2.18. The fourth-order valence-electron chi connectivity index (χ4n) is 3.70. The maximum Gasteiger partial charge on any atom is 0.251 e. The Kier molecular flexibility index (Phi) is 6.68. The summed E-state index contributed by atoms with van der Waals surface area (Å²) in [7, 11) is 3.41. The van der Waals surface area contributed by atoms with Gasteiger partial charge in [-0.05, 0) is 24.0 Å². The third-order valence-electron chi connectivity index (χ3n) is 5.53. The average molecular weight is 443 g/mol. The number of rotatable bonds is 8. The molecule has 3 aromatic heterocycles. The molecular formula is C24H26N8O. The van der Waals surface area contributed by atoms with E-state index in [-0.39, 0.29) is 11.8 Å². The zero-order valence-electron chi connectivity index (χ0n) is 18.8. The van der Waals surface area contributed by atoms with Crippen LogP contribution in [0.3, 0.4) is 0 Å². The van der Waals surface area contributed by atoms with Crippen LogP contribution in [-0.2, 0) is 0 Å². The smallest absolute Gasteiger partial charge is 0.251 e. The van der Waals surface area contributed by atoms with E-state index >= 15 is 0 Å². The molecule has 3 N–H and O–H groups in total. The van der Waals surface area contributed by atoms with Crippen molar-refractivity contribution in [2.45, 2.75) is 19.3 Å². The minimum absolute atomic E-state index is 0.112. The molecule has 0 saturated heterocycles. The summed E-state index contributed by atoms with van der Waals surface area (Å²) in [6, 6.07) is 9.63. The minimum Gasteiger partial charge on any atom is -0.370 e. The quantitative estimate of drug-likeness (QED) is 0.380. The standard InChI is InChI=1S/C24H26N8O/c1-15(17-5-4-6-18-19(23(33)25-2)8-10-28-22(17)18)7-9-27-21-11-20(31-14-32-21)16-12-29-24(26-3)30-13-16/h4-6,8,10-15H,7,9H2,1-3H3,(H,25,33)(H,26,29,30)(H,27,31,32). The largest absolute Gasteiger partial charge is 0.370 e. The van der Waals surface area contributed by atoms with Gasteiger partial charge in [0, 0.05) is 56.2 Å². The maximum atomic E-state index is 12.2. The number of carbonyl (C=O) groups is 1. The number of nitrogens with zero attached hydrogens (tertiary/aromatic N) is 5. The van der Waals surface area contributed by atoms with Crippen LogP contribution in [0.1, 0.15) is 35.2 Å². The van der Waals surface area contributed by atoms with Crippen LogP contribution in [0.2, 0.25) is 0 Å². The highest BCUT2D eigenvalue weighted by molar-refractivity contribution is 6.06. The minimum atomic E-state index is -0.112. The first-order chi connectivity index (χ1) is 16.1. The average Bonchev–Trinajstić information content (AvgIpc) is 2.87. The summed E-state index contributed by atoms with van der Waals surface area (Å²) in [4.78, 5) is 33.9. The van der Waals surface area contributed by atoms with Gasteiger partial charge >= 0.3 is 0 Å². The van der Waals surface area contributed by atoms with Gasteiger partial charge in [0.25, 0.3) is 5.91 Å². The monoisotopic (exact) mass is 442 g/mol. The molecule has 1 amide bonds. The summed E-state index contributed by atoms with van der Waals surface area (Å²) < 4.78 is 0. The van der Waals surface area contributed by atoms with Crippen molar-refractivity contribution in [2.24, 2.45) is 0 Å². The zero-order chi connectivity index (χ0) is 23.2. The van der Waals surface area contributed by atoms with Gasteiger partial charge in [-0.25, -0.2) is 19.9 Å². The van der Waals surface area contributed by atoms with Crippen molar-refractivity contribution in [1.29, 1.82) is 0 Å². The topological polar surface area (TPSA) is 118 Å². The van der Waals surface area contributed by atoms with E-state index in [1.807, 2.05) is 18.2 Å². The van der Waals surface area contributed by atoms with Crippen LogP contribution >= 0.6 is 0 Å². The van der Waals surface area contributed by atoms with Crippen LogP contribution in [0.5, 0.6) is 0 Å². The van der Waals surface area contributed by atoms with Crippen molar-refractivity contribution >= 4 is 28.6 Å². The molecule has 1 atom stereocenters. The predicted octanol–water partition coefficient (Wildman–Crippen LogP) is 3.49. The van der Waals surface area contributed by atoms with Gasteiger partial charge in [0.15, 0.2) is 0 Å². The van der Waals surface area contributed by atoms with E-state index in [4.69, 9.17) is 0 Å². The molecule has 3 heterocycles. The molecule has 0 spiro atoms. The number of carbonyl (C=O) groups excluding carboxylic acids is 1. The number of aromatic nitrogens is 5. The Morgan fingerprint density at radius 2 is 1.85 bits per heavy atom. The van der Waals surface area contributed by atoms with E-state index in [1.54, 1.807) is 38.8 Å². The van der Waals surface area contributed by atoms with E-state index in [0.29, 0.717) is 11.5 Å². The third kappa shape index (κ3) is 4.87. The normalized spacial score (nSPS) is 11.7. The molecule has 0 radical (unpaired) electrons. The Bertz CT molecular complexity index is 1260. The number of fused-ring (bicyclic) bond motifs is 1. The number of pyridine rings is 1. The van der Waals surface area contributed by atoms with Crippen LogP contribution in [0, 0.1) is 0 Å². The van der Waals surface area contributed by atoms with E-state index in [9.17, 15) is 4.79 Å². The van der Waals surface area contributed by atoms with Crippen LogP contribution in [-0.4, -0.2) is 51.5 Å². The molecule has 9 heteroatoms. The molecule has 0 saturated carbocycles. The molecule has 0 bridgehead atoms. The van der Waals surface area contributed by atoms with Crippen LogP contribution < -0.4 is 16.0 Å². The molecule has 1 unspecified atom stereocenters.